The molecule has 0 aliphatic carbocycles. The van der Waals surface area contributed by atoms with Gasteiger partial charge in [0.15, 0.2) is 0 Å². The number of hydrogen-bond donors (Lipinski definition) is 1. The fourth-order valence-corrected chi connectivity index (χ4v) is 1.80. The van der Waals surface area contributed by atoms with Crippen LogP contribution in [0.15, 0.2) is 11.2 Å². The predicted octanol–water partition coefficient (Wildman–Crippen LogP) is 3.22. The topological polar surface area (TPSA) is 49.7 Å². The molecule has 0 aliphatic rings. The molecule has 1 aromatic rings. The molecule has 0 spiro atoms. The first-order chi connectivity index (χ1) is 6.65. The highest BCUT2D eigenvalue weighted by Gasteiger charge is 2.13. The van der Waals surface area contributed by atoms with Gasteiger partial charge in [0.1, 0.15) is 11.4 Å². The van der Waals surface area contributed by atoms with Crippen LogP contribution in [0.25, 0.3) is 0 Å². The van der Waals surface area contributed by atoms with Crippen LogP contribution >= 0.6 is 0 Å². The average molecular weight is 193 g/mol. The quantitative estimate of drug-likeness (QED) is 0.749. The van der Waals surface area contributed by atoms with Crippen molar-refractivity contribution in [1.29, 1.82) is 0 Å². The van der Waals surface area contributed by atoms with Crippen LogP contribution in [0.4, 0.5) is 5.69 Å². The van der Waals surface area contributed by atoms with Crippen molar-refractivity contribution in [3.8, 4) is 5.75 Å². The zero-order valence-electron chi connectivity index (χ0n) is 8.79. The minimum atomic E-state index is 0.272. The minimum absolute atomic E-state index is 0.272. The molecule has 0 heterocycles. The number of rotatable bonds is 3. The van der Waals surface area contributed by atoms with Crippen LogP contribution in [-0.4, -0.2) is 5.11 Å². The van der Waals surface area contributed by atoms with Gasteiger partial charge in [0, 0.05) is 0 Å². The van der Waals surface area contributed by atoms with E-state index >= 15 is 0 Å². The zero-order chi connectivity index (χ0) is 10.7. The van der Waals surface area contributed by atoms with Crippen molar-refractivity contribution in [3.05, 3.63) is 27.7 Å². The van der Waals surface area contributed by atoms with Crippen molar-refractivity contribution in [2.45, 2.75) is 33.6 Å². The Morgan fingerprint density at radius 1 is 1.29 bits per heavy atom. The van der Waals surface area contributed by atoms with Crippen LogP contribution in [0.3, 0.4) is 0 Å². The molecule has 1 aromatic carbocycles. The van der Waals surface area contributed by atoms with Crippen LogP contribution < -0.4 is 0 Å². The second-order valence-corrected chi connectivity index (χ2v) is 3.32. The molecule has 0 bridgehead atoms. The lowest BCUT2D eigenvalue weighted by Gasteiger charge is -2.11. The Balaban J connectivity index is 3.50. The number of aryl methyl sites for hydroxylation is 1. The standard InChI is InChI=1S/C11H15NO2/c1-4-8-9(5-2)11(12-14)7(3)6-10(8)13/h6,13H,4-5H2,1-3H3. The lowest BCUT2D eigenvalue weighted by Crippen LogP contribution is -1.94. The lowest BCUT2D eigenvalue weighted by molar-refractivity contribution is 0.467. The van der Waals surface area contributed by atoms with Gasteiger partial charge in [-0.3, -0.25) is 0 Å². The summed E-state index contributed by atoms with van der Waals surface area (Å²) in [6.07, 6.45) is 1.44. The molecule has 0 aliphatic heterocycles. The first kappa shape index (κ1) is 10.7. The van der Waals surface area contributed by atoms with E-state index in [4.69, 9.17) is 0 Å². The van der Waals surface area contributed by atoms with Crippen molar-refractivity contribution in [1.82, 2.24) is 0 Å². The summed E-state index contributed by atoms with van der Waals surface area (Å²) in [5, 5.41) is 12.7. The number of nitroso groups, excluding NO2 is 1. The molecule has 3 nitrogen and oxygen atoms in total. The molecule has 0 amide bonds. The largest absolute Gasteiger partial charge is 0.508 e. The van der Waals surface area contributed by atoms with Crippen LogP contribution in [-0.2, 0) is 12.8 Å². The Hall–Kier alpha value is -1.38. The molecule has 0 atom stereocenters. The van der Waals surface area contributed by atoms with E-state index < -0.39 is 0 Å². The summed E-state index contributed by atoms with van der Waals surface area (Å²) in [5.74, 6) is 0.272. The van der Waals surface area contributed by atoms with Gasteiger partial charge in [-0.1, -0.05) is 13.8 Å². The molecule has 0 radical (unpaired) electrons. The van der Waals surface area contributed by atoms with Crippen molar-refractivity contribution < 1.29 is 5.11 Å². The molecule has 3 heteroatoms. The van der Waals surface area contributed by atoms with E-state index in [1.807, 2.05) is 13.8 Å². The van der Waals surface area contributed by atoms with E-state index in [9.17, 15) is 10.0 Å². The van der Waals surface area contributed by atoms with Crippen LogP contribution in [0, 0.1) is 11.8 Å². The SMILES string of the molecule is CCc1c(O)cc(C)c(N=O)c1CC. The Bertz CT molecular complexity index is 359. The van der Waals surface area contributed by atoms with Gasteiger partial charge in [0.05, 0.1) is 0 Å². The van der Waals surface area contributed by atoms with Gasteiger partial charge in [0.25, 0.3) is 0 Å². The summed E-state index contributed by atoms with van der Waals surface area (Å²) in [4.78, 5) is 10.7. The van der Waals surface area contributed by atoms with E-state index in [0.29, 0.717) is 5.69 Å². The molecule has 0 unspecified atom stereocenters. The van der Waals surface area contributed by atoms with Gasteiger partial charge >= 0.3 is 0 Å². The number of hydrogen-bond acceptors (Lipinski definition) is 3. The maximum absolute atomic E-state index is 10.7. The minimum Gasteiger partial charge on any atom is -0.508 e. The maximum atomic E-state index is 10.7. The van der Waals surface area contributed by atoms with Crippen molar-refractivity contribution >= 4 is 5.69 Å². The number of phenolic OH excluding ortho intramolecular Hbond substituents is 1. The first-order valence-electron chi connectivity index (χ1n) is 4.83. The smallest absolute Gasteiger partial charge is 0.119 e. The average Bonchev–Trinajstić information content (AvgIpc) is 2.16. The van der Waals surface area contributed by atoms with E-state index in [1.54, 1.807) is 13.0 Å². The second kappa shape index (κ2) is 4.22. The van der Waals surface area contributed by atoms with Crippen LogP contribution in [0.2, 0.25) is 0 Å². The number of phenols is 1. The van der Waals surface area contributed by atoms with E-state index in [1.165, 1.54) is 0 Å². The second-order valence-electron chi connectivity index (χ2n) is 3.32. The Labute approximate surface area is 83.7 Å². The molecule has 0 saturated carbocycles. The number of benzene rings is 1. The summed E-state index contributed by atoms with van der Waals surface area (Å²) >= 11 is 0. The van der Waals surface area contributed by atoms with Crippen LogP contribution in [0.1, 0.15) is 30.5 Å². The third-order valence-electron chi connectivity index (χ3n) is 2.48. The Morgan fingerprint density at radius 2 is 1.86 bits per heavy atom. The molecular formula is C11H15NO2. The molecule has 0 fully saturated rings. The van der Waals surface area contributed by atoms with Gasteiger partial charge in [-0.15, -0.1) is 4.91 Å². The number of nitrogens with zero attached hydrogens (tertiary/aromatic N) is 1. The molecule has 0 aromatic heterocycles. The summed E-state index contributed by atoms with van der Waals surface area (Å²) < 4.78 is 0. The molecule has 1 rings (SSSR count). The monoisotopic (exact) mass is 193 g/mol. The molecule has 76 valence electrons. The fourth-order valence-electron chi connectivity index (χ4n) is 1.80. The molecule has 14 heavy (non-hydrogen) atoms. The van der Waals surface area contributed by atoms with Crippen molar-refractivity contribution in [2.75, 3.05) is 0 Å². The maximum Gasteiger partial charge on any atom is 0.119 e. The summed E-state index contributed by atoms with van der Waals surface area (Å²) in [5.41, 5.74) is 2.95. The normalized spacial score (nSPS) is 10.2. The Kier molecular flexibility index (Phi) is 3.23. The van der Waals surface area contributed by atoms with Gasteiger partial charge in [-0.2, -0.15) is 0 Å². The highest BCUT2D eigenvalue weighted by atomic mass is 16.3. The summed E-state index contributed by atoms with van der Waals surface area (Å²) in [6, 6.07) is 1.61. The molecular weight excluding hydrogens is 178 g/mol. The lowest BCUT2D eigenvalue weighted by atomic mass is 9.97. The summed E-state index contributed by atoms with van der Waals surface area (Å²) in [7, 11) is 0. The van der Waals surface area contributed by atoms with Crippen molar-refractivity contribution in [3.63, 3.8) is 0 Å². The fraction of sp³-hybridized carbons (Fsp3) is 0.455. The summed E-state index contributed by atoms with van der Waals surface area (Å²) in [6.45, 7) is 5.70. The predicted molar refractivity (Wildman–Crippen MR) is 57.1 cm³/mol. The Morgan fingerprint density at radius 3 is 2.29 bits per heavy atom. The highest BCUT2D eigenvalue weighted by molar-refractivity contribution is 5.60. The molecule has 0 saturated heterocycles. The highest BCUT2D eigenvalue weighted by Crippen LogP contribution is 2.34. The number of aromatic hydroxyl groups is 1. The zero-order valence-corrected chi connectivity index (χ0v) is 8.79. The molecule has 1 N–H and O–H groups in total. The van der Waals surface area contributed by atoms with Crippen molar-refractivity contribution in [2.24, 2.45) is 5.18 Å². The van der Waals surface area contributed by atoms with Gasteiger partial charge in [0.2, 0.25) is 0 Å². The van der Waals surface area contributed by atoms with Gasteiger partial charge in [-0.25, -0.2) is 0 Å². The van der Waals surface area contributed by atoms with Gasteiger partial charge in [-0.05, 0) is 47.7 Å². The third kappa shape index (κ3) is 1.62. The third-order valence-corrected chi connectivity index (χ3v) is 2.48. The van der Waals surface area contributed by atoms with E-state index in [0.717, 1.165) is 29.5 Å². The van der Waals surface area contributed by atoms with Crippen LogP contribution in [0.5, 0.6) is 5.75 Å². The van der Waals surface area contributed by atoms with E-state index in [-0.39, 0.29) is 5.75 Å². The van der Waals surface area contributed by atoms with Gasteiger partial charge < -0.3 is 5.11 Å². The first-order valence-corrected chi connectivity index (χ1v) is 4.83. The van der Waals surface area contributed by atoms with E-state index in [2.05, 4.69) is 5.18 Å².